The molecule has 0 saturated heterocycles. The molecule has 2 aromatic rings. The number of alkyl halides is 1. The Morgan fingerprint density at radius 2 is 2.05 bits per heavy atom. The number of benzene rings is 1. The van der Waals surface area contributed by atoms with Gasteiger partial charge in [-0.25, -0.2) is 0 Å². The van der Waals surface area contributed by atoms with Crippen LogP contribution in [0.15, 0.2) is 30.3 Å². The number of aryl methyl sites for hydroxylation is 2. The van der Waals surface area contributed by atoms with Crippen LogP contribution in [0.25, 0.3) is 0 Å². The first-order valence-corrected chi connectivity index (χ1v) is 7.38. The molecule has 0 saturated carbocycles. The molecular formula is C15H18ClN3O2. The SMILES string of the molecule is CCCn1nc(C)c([N+](=O)[O-])c1CC(Cl)c1ccccc1. The topological polar surface area (TPSA) is 61.0 Å². The summed E-state index contributed by atoms with van der Waals surface area (Å²) in [5.74, 6) is 0. The van der Waals surface area contributed by atoms with Crippen LogP contribution in [0.1, 0.15) is 35.7 Å². The lowest BCUT2D eigenvalue weighted by Gasteiger charge is -2.11. The minimum atomic E-state index is -0.363. The van der Waals surface area contributed by atoms with Crippen LogP contribution in [0.2, 0.25) is 0 Å². The van der Waals surface area contributed by atoms with Crippen molar-refractivity contribution in [1.29, 1.82) is 0 Å². The van der Waals surface area contributed by atoms with E-state index in [1.807, 2.05) is 37.3 Å². The summed E-state index contributed by atoms with van der Waals surface area (Å²) in [6, 6.07) is 9.59. The lowest BCUT2D eigenvalue weighted by molar-refractivity contribution is -0.386. The second kappa shape index (κ2) is 6.72. The molecule has 0 aliphatic carbocycles. The van der Waals surface area contributed by atoms with Gasteiger partial charge in [-0.05, 0) is 18.9 Å². The van der Waals surface area contributed by atoms with Crippen LogP contribution in [0, 0.1) is 17.0 Å². The summed E-state index contributed by atoms with van der Waals surface area (Å²) in [6.07, 6.45) is 1.26. The predicted octanol–water partition coefficient (Wildman–Crippen LogP) is 4.03. The van der Waals surface area contributed by atoms with Gasteiger partial charge >= 0.3 is 5.69 Å². The van der Waals surface area contributed by atoms with Crippen molar-refractivity contribution in [3.63, 3.8) is 0 Å². The Morgan fingerprint density at radius 3 is 2.62 bits per heavy atom. The van der Waals surface area contributed by atoms with E-state index in [1.165, 1.54) is 0 Å². The number of hydrogen-bond acceptors (Lipinski definition) is 3. The van der Waals surface area contributed by atoms with Crippen LogP contribution in [-0.4, -0.2) is 14.7 Å². The van der Waals surface area contributed by atoms with Gasteiger partial charge in [0.2, 0.25) is 0 Å². The summed E-state index contributed by atoms with van der Waals surface area (Å²) in [5, 5.41) is 15.3. The molecule has 0 amide bonds. The second-order valence-corrected chi connectivity index (χ2v) is 5.47. The second-order valence-electron chi connectivity index (χ2n) is 4.94. The summed E-state index contributed by atoms with van der Waals surface area (Å²) < 4.78 is 1.71. The number of halogens is 1. The van der Waals surface area contributed by atoms with Crippen LogP contribution >= 0.6 is 11.6 Å². The van der Waals surface area contributed by atoms with Gasteiger partial charge in [0.15, 0.2) is 0 Å². The Hall–Kier alpha value is -1.88. The highest BCUT2D eigenvalue weighted by Crippen LogP contribution is 2.31. The predicted molar refractivity (Wildman–Crippen MR) is 82.6 cm³/mol. The average Bonchev–Trinajstić information content (AvgIpc) is 2.76. The Kier molecular flexibility index (Phi) is 4.96. The molecular weight excluding hydrogens is 290 g/mol. The van der Waals surface area contributed by atoms with Crippen molar-refractivity contribution in [1.82, 2.24) is 9.78 Å². The quantitative estimate of drug-likeness (QED) is 0.460. The van der Waals surface area contributed by atoms with E-state index >= 15 is 0 Å². The fourth-order valence-corrected chi connectivity index (χ4v) is 2.70. The van der Waals surface area contributed by atoms with E-state index in [0.29, 0.717) is 24.4 Å². The van der Waals surface area contributed by atoms with Gasteiger partial charge in [-0.15, -0.1) is 11.6 Å². The van der Waals surface area contributed by atoms with Crippen LogP contribution in [0.5, 0.6) is 0 Å². The molecule has 1 aromatic carbocycles. The van der Waals surface area contributed by atoms with Crippen molar-refractivity contribution >= 4 is 17.3 Å². The third-order valence-corrected chi connectivity index (χ3v) is 3.76. The standard InChI is InChI=1S/C15H18ClN3O2/c1-3-9-18-14(15(19(20)21)11(2)17-18)10-13(16)12-7-5-4-6-8-12/h4-8,13H,3,9-10H2,1-2H3. The van der Waals surface area contributed by atoms with E-state index in [4.69, 9.17) is 11.6 Å². The van der Waals surface area contributed by atoms with Gasteiger partial charge in [0.1, 0.15) is 11.4 Å². The van der Waals surface area contributed by atoms with Gasteiger partial charge in [0.25, 0.3) is 0 Å². The van der Waals surface area contributed by atoms with Crippen molar-refractivity contribution < 1.29 is 4.92 Å². The van der Waals surface area contributed by atoms with E-state index in [-0.39, 0.29) is 16.0 Å². The Balaban J connectivity index is 2.35. The highest BCUT2D eigenvalue weighted by Gasteiger charge is 2.26. The molecule has 0 fully saturated rings. The third kappa shape index (κ3) is 3.42. The molecule has 0 aliphatic rings. The zero-order chi connectivity index (χ0) is 15.4. The monoisotopic (exact) mass is 307 g/mol. The third-order valence-electron chi connectivity index (χ3n) is 3.35. The van der Waals surface area contributed by atoms with Gasteiger partial charge < -0.3 is 0 Å². The first-order valence-electron chi connectivity index (χ1n) is 6.94. The molecule has 1 atom stereocenters. The molecule has 21 heavy (non-hydrogen) atoms. The fourth-order valence-electron chi connectivity index (χ4n) is 2.41. The molecule has 112 valence electrons. The Morgan fingerprint density at radius 1 is 1.38 bits per heavy atom. The van der Waals surface area contributed by atoms with Crippen molar-refractivity contribution in [3.8, 4) is 0 Å². The van der Waals surface area contributed by atoms with Crippen molar-refractivity contribution in [2.24, 2.45) is 0 Å². The Bertz CT molecular complexity index is 625. The summed E-state index contributed by atoms with van der Waals surface area (Å²) >= 11 is 6.44. The Labute approximate surface area is 128 Å². The maximum absolute atomic E-state index is 11.3. The van der Waals surface area contributed by atoms with E-state index < -0.39 is 0 Å². The zero-order valence-corrected chi connectivity index (χ0v) is 12.9. The van der Waals surface area contributed by atoms with Gasteiger partial charge in [-0.2, -0.15) is 5.10 Å². The summed E-state index contributed by atoms with van der Waals surface area (Å²) in [6.45, 7) is 4.34. The molecule has 1 aromatic heterocycles. The van der Waals surface area contributed by atoms with Gasteiger partial charge in [-0.3, -0.25) is 14.8 Å². The van der Waals surface area contributed by atoms with E-state index in [0.717, 1.165) is 12.0 Å². The van der Waals surface area contributed by atoms with Gasteiger partial charge in [0, 0.05) is 13.0 Å². The van der Waals surface area contributed by atoms with Crippen molar-refractivity contribution in [2.75, 3.05) is 0 Å². The molecule has 1 heterocycles. The van der Waals surface area contributed by atoms with Gasteiger partial charge in [-0.1, -0.05) is 37.3 Å². The highest BCUT2D eigenvalue weighted by molar-refractivity contribution is 6.20. The number of nitro groups is 1. The molecule has 0 bridgehead atoms. The molecule has 0 aliphatic heterocycles. The summed E-state index contributed by atoms with van der Waals surface area (Å²) in [4.78, 5) is 10.9. The van der Waals surface area contributed by atoms with Gasteiger partial charge in [0.05, 0.1) is 10.3 Å². The van der Waals surface area contributed by atoms with Crippen LogP contribution in [0.4, 0.5) is 5.69 Å². The smallest absolute Gasteiger partial charge is 0.262 e. The van der Waals surface area contributed by atoms with E-state index in [2.05, 4.69) is 5.10 Å². The normalized spacial score (nSPS) is 12.3. The van der Waals surface area contributed by atoms with Crippen LogP contribution < -0.4 is 0 Å². The molecule has 6 heteroatoms. The summed E-state index contributed by atoms with van der Waals surface area (Å²) in [5.41, 5.74) is 2.09. The zero-order valence-electron chi connectivity index (χ0n) is 12.1. The minimum Gasteiger partial charge on any atom is -0.262 e. The highest BCUT2D eigenvalue weighted by atomic mass is 35.5. The fraction of sp³-hybridized carbons (Fsp3) is 0.400. The van der Waals surface area contributed by atoms with Crippen molar-refractivity contribution in [2.45, 2.75) is 38.6 Å². The number of aromatic nitrogens is 2. The number of nitrogens with zero attached hydrogens (tertiary/aromatic N) is 3. The number of rotatable bonds is 6. The van der Waals surface area contributed by atoms with Crippen LogP contribution in [-0.2, 0) is 13.0 Å². The lowest BCUT2D eigenvalue weighted by Crippen LogP contribution is -2.08. The molecule has 0 radical (unpaired) electrons. The molecule has 0 N–H and O–H groups in total. The summed E-state index contributed by atoms with van der Waals surface area (Å²) in [7, 11) is 0. The molecule has 1 unspecified atom stereocenters. The van der Waals surface area contributed by atoms with E-state index in [1.54, 1.807) is 11.6 Å². The van der Waals surface area contributed by atoms with Crippen LogP contribution in [0.3, 0.4) is 0 Å². The first kappa shape index (κ1) is 15.5. The minimum absolute atomic E-state index is 0.0880. The largest absolute Gasteiger partial charge is 0.313 e. The van der Waals surface area contributed by atoms with Crippen molar-refractivity contribution in [3.05, 3.63) is 57.4 Å². The lowest BCUT2D eigenvalue weighted by atomic mass is 10.1. The average molecular weight is 308 g/mol. The molecule has 5 nitrogen and oxygen atoms in total. The molecule has 0 spiro atoms. The first-order chi connectivity index (χ1) is 10.0. The maximum atomic E-state index is 11.3. The number of hydrogen-bond donors (Lipinski definition) is 0. The molecule has 2 rings (SSSR count). The van der Waals surface area contributed by atoms with E-state index in [9.17, 15) is 10.1 Å². The maximum Gasteiger partial charge on any atom is 0.313 e.